The molecule has 0 spiro atoms. The lowest BCUT2D eigenvalue weighted by molar-refractivity contribution is 0.987. The van der Waals surface area contributed by atoms with Crippen LogP contribution in [0.1, 0.15) is 24.6 Å². The van der Waals surface area contributed by atoms with Crippen molar-refractivity contribution in [3.8, 4) is 0 Å². The SMILES string of the molecule is Clc1ccc(Nc2nc3ccccc3c3nc(C4CC4)[nH]c23)cc1Cl. The first-order valence-corrected chi connectivity index (χ1v) is 8.95. The molecule has 1 fully saturated rings. The van der Waals surface area contributed by atoms with E-state index in [1.807, 2.05) is 24.3 Å². The van der Waals surface area contributed by atoms with Gasteiger partial charge < -0.3 is 10.3 Å². The van der Waals surface area contributed by atoms with Gasteiger partial charge in [0.2, 0.25) is 0 Å². The number of aromatic amines is 1. The summed E-state index contributed by atoms with van der Waals surface area (Å²) < 4.78 is 0. The maximum absolute atomic E-state index is 6.13. The highest BCUT2D eigenvalue weighted by Crippen LogP contribution is 2.41. The third-order valence-corrected chi connectivity index (χ3v) is 5.24. The summed E-state index contributed by atoms with van der Waals surface area (Å²) in [6, 6.07) is 13.5. The number of aromatic nitrogens is 3. The average Bonchev–Trinajstić information content (AvgIpc) is 3.37. The summed E-state index contributed by atoms with van der Waals surface area (Å²) in [7, 11) is 0. The minimum absolute atomic E-state index is 0.506. The lowest BCUT2D eigenvalue weighted by Gasteiger charge is -2.09. The molecule has 2 N–H and O–H groups in total. The molecule has 1 saturated carbocycles. The number of hydrogen-bond acceptors (Lipinski definition) is 3. The molecule has 4 nitrogen and oxygen atoms in total. The van der Waals surface area contributed by atoms with E-state index in [1.54, 1.807) is 12.1 Å². The zero-order valence-electron chi connectivity index (χ0n) is 13.2. The maximum Gasteiger partial charge on any atom is 0.157 e. The number of nitrogens with zero attached hydrogens (tertiary/aromatic N) is 2. The molecule has 4 aromatic rings. The molecule has 2 aromatic heterocycles. The minimum atomic E-state index is 0.506. The van der Waals surface area contributed by atoms with E-state index in [0.717, 1.165) is 39.3 Å². The number of halogens is 2. The largest absolute Gasteiger partial charge is 0.339 e. The molecule has 0 unspecified atom stereocenters. The summed E-state index contributed by atoms with van der Waals surface area (Å²) in [5.41, 5.74) is 3.62. The van der Waals surface area contributed by atoms with Crippen molar-refractivity contribution in [3.63, 3.8) is 0 Å². The number of pyridine rings is 1. The molecule has 5 rings (SSSR count). The molecule has 6 heteroatoms. The summed E-state index contributed by atoms with van der Waals surface area (Å²) in [6.45, 7) is 0. The van der Waals surface area contributed by atoms with Gasteiger partial charge in [0.15, 0.2) is 5.82 Å². The Hall–Kier alpha value is -2.30. The Bertz CT molecular complexity index is 1120. The van der Waals surface area contributed by atoms with E-state index in [1.165, 1.54) is 12.8 Å². The number of nitrogens with one attached hydrogen (secondary N) is 2. The fourth-order valence-electron chi connectivity index (χ4n) is 3.06. The number of H-pyrrole nitrogens is 1. The van der Waals surface area contributed by atoms with Crippen LogP contribution in [0.2, 0.25) is 10.0 Å². The van der Waals surface area contributed by atoms with Gasteiger partial charge in [-0.2, -0.15) is 0 Å². The van der Waals surface area contributed by atoms with Gasteiger partial charge in [-0.05, 0) is 37.1 Å². The van der Waals surface area contributed by atoms with E-state index in [2.05, 4.69) is 16.4 Å². The first-order valence-electron chi connectivity index (χ1n) is 8.19. The first-order chi connectivity index (χ1) is 12.2. The third-order valence-electron chi connectivity index (χ3n) is 4.50. The van der Waals surface area contributed by atoms with Crippen LogP contribution in [0.4, 0.5) is 11.5 Å². The van der Waals surface area contributed by atoms with Crippen LogP contribution in [0.5, 0.6) is 0 Å². The van der Waals surface area contributed by atoms with Crippen molar-refractivity contribution in [1.29, 1.82) is 0 Å². The zero-order chi connectivity index (χ0) is 17.0. The van der Waals surface area contributed by atoms with Crippen molar-refractivity contribution in [2.75, 3.05) is 5.32 Å². The number of imidazole rings is 1. The van der Waals surface area contributed by atoms with Crippen molar-refractivity contribution in [3.05, 3.63) is 58.3 Å². The van der Waals surface area contributed by atoms with Crippen molar-refractivity contribution in [1.82, 2.24) is 15.0 Å². The second-order valence-corrected chi connectivity index (χ2v) is 7.17. The molecule has 0 amide bonds. The molecular formula is C19H14Cl2N4. The van der Waals surface area contributed by atoms with Crippen molar-refractivity contribution in [2.24, 2.45) is 0 Å². The van der Waals surface area contributed by atoms with Crippen LogP contribution in [0.25, 0.3) is 21.9 Å². The molecule has 0 bridgehead atoms. The summed E-state index contributed by atoms with van der Waals surface area (Å²) in [5.74, 6) is 2.33. The Morgan fingerprint density at radius 1 is 1.00 bits per heavy atom. The Morgan fingerprint density at radius 3 is 2.64 bits per heavy atom. The highest BCUT2D eigenvalue weighted by Gasteiger charge is 2.28. The minimum Gasteiger partial charge on any atom is -0.339 e. The van der Waals surface area contributed by atoms with Gasteiger partial charge in [-0.1, -0.05) is 41.4 Å². The van der Waals surface area contributed by atoms with Gasteiger partial charge in [-0.15, -0.1) is 0 Å². The second kappa shape index (κ2) is 5.61. The van der Waals surface area contributed by atoms with Gasteiger partial charge in [0, 0.05) is 17.0 Å². The van der Waals surface area contributed by atoms with E-state index in [-0.39, 0.29) is 0 Å². The molecule has 1 aliphatic rings. The normalized spacial score (nSPS) is 14.3. The number of hydrogen-bond donors (Lipinski definition) is 2. The van der Waals surface area contributed by atoms with E-state index in [4.69, 9.17) is 33.2 Å². The number of anilines is 2. The standard InChI is InChI=1S/C19H14Cl2N4/c20-13-8-7-11(9-14(13)21)22-19-17-16(24-18(25-17)10-5-6-10)12-3-1-2-4-15(12)23-19/h1-4,7-10H,5-6H2,(H,22,23)(H,24,25). The van der Waals surface area contributed by atoms with Gasteiger partial charge in [0.05, 0.1) is 15.6 Å². The summed E-state index contributed by atoms with van der Waals surface area (Å²) >= 11 is 12.1. The van der Waals surface area contributed by atoms with Gasteiger partial charge in [-0.25, -0.2) is 9.97 Å². The van der Waals surface area contributed by atoms with Crippen LogP contribution < -0.4 is 5.32 Å². The quantitative estimate of drug-likeness (QED) is 0.463. The molecule has 124 valence electrons. The number of rotatable bonds is 3. The Morgan fingerprint density at radius 2 is 1.84 bits per heavy atom. The number of benzene rings is 2. The third kappa shape index (κ3) is 2.62. The molecule has 0 saturated heterocycles. The lowest BCUT2D eigenvalue weighted by Crippen LogP contribution is -1.96. The summed E-state index contributed by atoms with van der Waals surface area (Å²) in [4.78, 5) is 13.1. The monoisotopic (exact) mass is 368 g/mol. The van der Waals surface area contributed by atoms with Crippen LogP contribution in [0, 0.1) is 0 Å². The van der Waals surface area contributed by atoms with Crippen LogP contribution >= 0.6 is 23.2 Å². The van der Waals surface area contributed by atoms with Crippen molar-refractivity contribution >= 4 is 56.6 Å². The maximum atomic E-state index is 6.13. The van der Waals surface area contributed by atoms with Gasteiger partial charge >= 0.3 is 0 Å². The molecule has 0 radical (unpaired) electrons. The molecule has 1 aliphatic carbocycles. The van der Waals surface area contributed by atoms with E-state index in [0.29, 0.717) is 16.0 Å². The van der Waals surface area contributed by atoms with Gasteiger partial charge in [-0.3, -0.25) is 0 Å². The van der Waals surface area contributed by atoms with E-state index < -0.39 is 0 Å². The Kier molecular flexibility index (Phi) is 3.37. The molecule has 2 aromatic carbocycles. The lowest BCUT2D eigenvalue weighted by atomic mass is 10.2. The number of fused-ring (bicyclic) bond motifs is 3. The predicted octanol–water partition coefficient (Wildman–Crippen LogP) is 6.04. The van der Waals surface area contributed by atoms with E-state index in [9.17, 15) is 0 Å². The molecule has 25 heavy (non-hydrogen) atoms. The Balaban J connectivity index is 1.70. The fourth-order valence-corrected chi connectivity index (χ4v) is 3.35. The second-order valence-electron chi connectivity index (χ2n) is 6.35. The highest BCUT2D eigenvalue weighted by atomic mass is 35.5. The highest BCUT2D eigenvalue weighted by molar-refractivity contribution is 6.42. The molecule has 0 atom stereocenters. The zero-order valence-corrected chi connectivity index (χ0v) is 14.7. The Labute approximate surface area is 154 Å². The molecule has 0 aliphatic heterocycles. The van der Waals surface area contributed by atoms with Crippen LogP contribution in [0.3, 0.4) is 0 Å². The van der Waals surface area contributed by atoms with Gasteiger partial charge in [0.1, 0.15) is 16.9 Å². The van der Waals surface area contributed by atoms with Crippen LogP contribution in [-0.2, 0) is 0 Å². The summed E-state index contributed by atoms with van der Waals surface area (Å²) in [5, 5.41) is 5.45. The average molecular weight is 369 g/mol. The van der Waals surface area contributed by atoms with E-state index >= 15 is 0 Å². The predicted molar refractivity (Wildman–Crippen MR) is 103 cm³/mol. The van der Waals surface area contributed by atoms with Gasteiger partial charge in [0.25, 0.3) is 0 Å². The first kappa shape index (κ1) is 15.0. The molecule has 2 heterocycles. The van der Waals surface area contributed by atoms with Crippen LogP contribution in [0.15, 0.2) is 42.5 Å². The fraction of sp³-hybridized carbons (Fsp3) is 0.158. The van der Waals surface area contributed by atoms with Crippen LogP contribution in [-0.4, -0.2) is 15.0 Å². The molecular weight excluding hydrogens is 355 g/mol. The smallest absolute Gasteiger partial charge is 0.157 e. The van der Waals surface area contributed by atoms with Crippen molar-refractivity contribution in [2.45, 2.75) is 18.8 Å². The van der Waals surface area contributed by atoms with Crippen molar-refractivity contribution < 1.29 is 0 Å². The topological polar surface area (TPSA) is 53.6 Å². The summed E-state index contributed by atoms with van der Waals surface area (Å²) in [6.07, 6.45) is 2.39. The number of para-hydroxylation sites is 1.